The van der Waals surface area contributed by atoms with Crippen LogP contribution in [0.1, 0.15) is 62.2 Å². The fraction of sp³-hybridized carbons (Fsp3) is 0.400. The molecule has 0 saturated carbocycles. The Kier molecular flexibility index (Phi) is 7.53. The summed E-state index contributed by atoms with van der Waals surface area (Å²) >= 11 is 0. The van der Waals surface area contributed by atoms with E-state index in [1.165, 1.54) is 0 Å². The van der Waals surface area contributed by atoms with E-state index in [2.05, 4.69) is 33.0 Å². The number of ether oxygens (including phenoxy) is 1. The van der Waals surface area contributed by atoms with Crippen LogP contribution in [0.3, 0.4) is 0 Å². The van der Waals surface area contributed by atoms with Gasteiger partial charge in [0, 0.05) is 48.3 Å². The number of anilines is 1. The highest BCUT2D eigenvalue weighted by Crippen LogP contribution is 2.31. The third-order valence-corrected chi connectivity index (χ3v) is 6.44. The van der Waals surface area contributed by atoms with Gasteiger partial charge < -0.3 is 19.4 Å². The minimum Gasteiger partial charge on any atom is -0.497 e. The highest BCUT2D eigenvalue weighted by atomic mass is 16.5. The Bertz CT molecular complexity index is 1200. The molecule has 6 heteroatoms. The summed E-state index contributed by atoms with van der Waals surface area (Å²) in [5, 5.41) is 3.01. The van der Waals surface area contributed by atoms with Crippen molar-refractivity contribution in [2.24, 2.45) is 11.3 Å². The first-order valence-corrected chi connectivity index (χ1v) is 12.6. The lowest BCUT2D eigenvalue weighted by molar-refractivity contribution is -0.117. The highest BCUT2D eigenvalue weighted by molar-refractivity contribution is 5.94. The molecule has 1 atom stereocenters. The number of nitrogens with one attached hydrogen (secondary N) is 1. The predicted octanol–water partition coefficient (Wildman–Crippen LogP) is 6.55. The van der Waals surface area contributed by atoms with Crippen LogP contribution in [0.4, 0.5) is 5.69 Å². The van der Waals surface area contributed by atoms with Crippen LogP contribution in [0.15, 0.2) is 59.0 Å². The summed E-state index contributed by atoms with van der Waals surface area (Å²) in [6, 6.07) is 16.9. The van der Waals surface area contributed by atoms with Crippen LogP contribution in [0.25, 0.3) is 11.3 Å². The lowest BCUT2D eigenvalue weighted by Crippen LogP contribution is -2.35. The Hall–Kier alpha value is -3.54. The van der Waals surface area contributed by atoms with Crippen LogP contribution in [0.2, 0.25) is 0 Å². The molecule has 0 radical (unpaired) electrons. The highest BCUT2D eigenvalue weighted by Gasteiger charge is 2.25. The second-order valence-electron chi connectivity index (χ2n) is 11.0. The maximum Gasteiger partial charge on any atom is 0.254 e. The van der Waals surface area contributed by atoms with Crippen LogP contribution in [-0.4, -0.2) is 30.4 Å². The Morgan fingerprint density at radius 3 is 2.42 bits per heavy atom. The number of furan rings is 1. The van der Waals surface area contributed by atoms with Crippen LogP contribution in [-0.2, 0) is 17.8 Å². The molecule has 2 amide bonds. The largest absolute Gasteiger partial charge is 0.497 e. The van der Waals surface area contributed by atoms with Crippen molar-refractivity contribution >= 4 is 17.5 Å². The maximum atomic E-state index is 13.0. The molecular weight excluding hydrogens is 452 g/mol. The zero-order chi connectivity index (χ0) is 25.9. The van der Waals surface area contributed by atoms with Gasteiger partial charge in [0.2, 0.25) is 5.91 Å². The van der Waals surface area contributed by atoms with E-state index in [0.29, 0.717) is 37.4 Å². The van der Waals surface area contributed by atoms with Crippen LogP contribution in [0, 0.1) is 11.3 Å². The van der Waals surface area contributed by atoms with Crippen molar-refractivity contribution in [3.63, 3.8) is 0 Å². The fourth-order valence-corrected chi connectivity index (χ4v) is 4.93. The number of benzene rings is 2. The topological polar surface area (TPSA) is 71.8 Å². The summed E-state index contributed by atoms with van der Waals surface area (Å²) < 4.78 is 11.3. The van der Waals surface area contributed by atoms with Gasteiger partial charge in [0.1, 0.15) is 17.3 Å². The monoisotopic (exact) mass is 488 g/mol. The van der Waals surface area contributed by atoms with Gasteiger partial charge in [-0.15, -0.1) is 0 Å². The molecule has 1 aromatic heterocycles. The van der Waals surface area contributed by atoms with Crippen molar-refractivity contribution in [2.45, 2.75) is 53.5 Å². The second-order valence-corrected chi connectivity index (χ2v) is 11.0. The van der Waals surface area contributed by atoms with Crippen molar-refractivity contribution in [1.82, 2.24) is 4.90 Å². The molecule has 1 N–H and O–H groups in total. The molecule has 0 spiro atoms. The van der Waals surface area contributed by atoms with E-state index < -0.39 is 0 Å². The Labute approximate surface area is 213 Å². The van der Waals surface area contributed by atoms with E-state index in [9.17, 15) is 9.59 Å². The number of nitrogens with zero attached hydrogens (tertiary/aromatic N) is 1. The van der Waals surface area contributed by atoms with E-state index in [0.717, 1.165) is 40.5 Å². The molecule has 36 heavy (non-hydrogen) atoms. The number of methoxy groups -OCH3 is 1. The van der Waals surface area contributed by atoms with E-state index in [1.54, 1.807) is 31.4 Å². The van der Waals surface area contributed by atoms with Crippen molar-refractivity contribution in [2.75, 3.05) is 19.0 Å². The minimum atomic E-state index is 0.00275. The van der Waals surface area contributed by atoms with Gasteiger partial charge in [-0.3, -0.25) is 9.59 Å². The molecule has 0 saturated heterocycles. The molecule has 190 valence electrons. The standard InChI is InChI=1S/C30H36N2O4/c1-20(18-30(2,3)4)16-28(33)31-24-10-6-21(7-11-24)27-17-23-19-32(15-14-26(23)36-27)29(34)22-8-12-25(35-5)13-9-22/h6-13,17,20H,14-16,18-19H2,1-5H3,(H,31,33). The molecule has 0 bridgehead atoms. The number of amides is 2. The lowest BCUT2D eigenvalue weighted by atomic mass is 9.84. The van der Waals surface area contributed by atoms with E-state index >= 15 is 0 Å². The van der Waals surface area contributed by atoms with Crippen LogP contribution >= 0.6 is 0 Å². The van der Waals surface area contributed by atoms with E-state index in [-0.39, 0.29) is 17.2 Å². The van der Waals surface area contributed by atoms with Crippen molar-refractivity contribution in [3.8, 4) is 17.1 Å². The van der Waals surface area contributed by atoms with Gasteiger partial charge in [-0.2, -0.15) is 0 Å². The molecule has 2 heterocycles. The van der Waals surface area contributed by atoms with E-state index in [4.69, 9.17) is 9.15 Å². The Morgan fingerprint density at radius 1 is 1.08 bits per heavy atom. The third-order valence-electron chi connectivity index (χ3n) is 6.44. The van der Waals surface area contributed by atoms with Crippen molar-refractivity contribution in [3.05, 3.63) is 71.5 Å². The van der Waals surface area contributed by atoms with E-state index in [1.807, 2.05) is 35.2 Å². The van der Waals surface area contributed by atoms with Crippen molar-refractivity contribution in [1.29, 1.82) is 0 Å². The first-order valence-electron chi connectivity index (χ1n) is 12.6. The quantitative estimate of drug-likeness (QED) is 0.409. The van der Waals surface area contributed by atoms with Gasteiger partial charge in [-0.1, -0.05) is 27.7 Å². The molecule has 0 aliphatic carbocycles. The molecule has 1 aliphatic rings. The molecule has 1 aliphatic heterocycles. The average molecular weight is 489 g/mol. The molecular formula is C30H36N2O4. The number of carbonyl (C=O) groups excluding carboxylic acids is 2. The number of fused-ring (bicyclic) bond motifs is 1. The van der Waals surface area contributed by atoms with Crippen LogP contribution in [0.5, 0.6) is 5.75 Å². The first kappa shape index (κ1) is 25.5. The fourth-order valence-electron chi connectivity index (χ4n) is 4.93. The number of rotatable bonds is 7. The zero-order valence-corrected chi connectivity index (χ0v) is 21.9. The lowest BCUT2D eigenvalue weighted by Gasteiger charge is -2.26. The second kappa shape index (κ2) is 10.6. The molecule has 2 aromatic carbocycles. The normalized spacial score (nSPS) is 14.2. The summed E-state index contributed by atoms with van der Waals surface area (Å²) in [5.41, 5.74) is 3.61. The predicted molar refractivity (Wildman–Crippen MR) is 142 cm³/mol. The van der Waals surface area contributed by atoms with Gasteiger partial charge in [0.15, 0.2) is 0 Å². The zero-order valence-electron chi connectivity index (χ0n) is 21.9. The van der Waals surface area contributed by atoms with Crippen LogP contribution < -0.4 is 10.1 Å². The van der Waals surface area contributed by atoms with Crippen molar-refractivity contribution < 1.29 is 18.7 Å². The summed E-state index contributed by atoms with van der Waals surface area (Å²) in [5.74, 6) is 2.80. The molecule has 0 fully saturated rings. The Morgan fingerprint density at radius 2 is 1.78 bits per heavy atom. The smallest absolute Gasteiger partial charge is 0.254 e. The molecule has 4 rings (SSSR count). The molecule has 1 unspecified atom stereocenters. The average Bonchev–Trinajstić information content (AvgIpc) is 3.26. The van der Waals surface area contributed by atoms with Gasteiger partial charge in [0.05, 0.1) is 7.11 Å². The Balaban J connectivity index is 1.37. The maximum absolute atomic E-state index is 13.0. The summed E-state index contributed by atoms with van der Waals surface area (Å²) in [4.78, 5) is 27.3. The van der Waals surface area contributed by atoms with Gasteiger partial charge in [0.25, 0.3) is 5.91 Å². The third kappa shape index (κ3) is 6.36. The molecule has 6 nitrogen and oxygen atoms in total. The molecule has 3 aromatic rings. The first-order chi connectivity index (χ1) is 17.1. The van der Waals surface area contributed by atoms with Gasteiger partial charge >= 0.3 is 0 Å². The van der Waals surface area contributed by atoms with Gasteiger partial charge in [-0.25, -0.2) is 0 Å². The summed E-state index contributed by atoms with van der Waals surface area (Å²) in [6.45, 7) is 9.85. The number of hydrogen-bond acceptors (Lipinski definition) is 4. The SMILES string of the molecule is COc1ccc(C(=O)N2CCc3oc(-c4ccc(NC(=O)CC(C)CC(C)(C)C)cc4)cc3C2)cc1. The summed E-state index contributed by atoms with van der Waals surface area (Å²) in [6.07, 6.45) is 2.19. The number of carbonyl (C=O) groups is 2. The minimum absolute atomic E-state index is 0.00275. The van der Waals surface area contributed by atoms with Gasteiger partial charge in [-0.05, 0) is 72.4 Å². The number of hydrogen-bond donors (Lipinski definition) is 1. The summed E-state index contributed by atoms with van der Waals surface area (Å²) in [7, 11) is 1.61.